The van der Waals surface area contributed by atoms with Crippen LogP contribution in [0.15, 0.2) is 4.99 Å². The van der Waals surface area contributed by atoms with Gasteiger partial charge >= 0.3 is 0 Å². The monoisotopic (exact) mass is 304 g/mol. The van der Waals surface area contributed by atoms with Gasteiger partial charge < -0.3 is 10.2 Å². The number of rotatable bonds is 6. The molecule has 1 unspecified atom stereocenters. The number of nitrogens with zero attached hydrogens (tertiary/aromatic N) is 2. The van der Waals surface area contributed by atoms with Crippen LogP contribution in [0.4, 0.5) is 0 Å². The van der Waals surface area contributed by atoms with E-state index in [0.717, 1.165) is 32.0 Å². The molecule has 20 heavy (non-hydrogen) atoms. The largest absolute Gasteiger partial charge is 0.356 e. The fraction of sp³-hybridized carbons (Fsp3) is 0.923. The summed E-state index contributed by atoms with van der Waals surface area (Å²) in [6, 6.07) is 0. The van der Waals surface area contributed by atoms with Gasteiger partial charge in [-0.15, -0.1) is 0 Å². The van der Waals surface area contributed by atoms with E-state index in [1.807, 2.05) is 0 Å². The van der Waals surface area contributed by atoms with Gasteiger partial charge in [0.2, 0.25) is 10.0 Å². The number of hydrogen-bond acceptors (Lipinski definition) is 3. The predicted molar refractivity (Wildman–Crippen MR) is 83.4 cm³/mol. The van der Waals surface area contributed by atoms with Crippen molar-refractivity contribution in [2.75, 3.05) is 39.0 Å². The van der Waals surface area contributed by atoms with Crippen LogP contribution in [-0.4, -0.2) is 58.3 Å². The Morgan fingerprint density at radius 3 is 2.75 bits per heavy atom. The maximum atomic E-state index is 11.3. The van der Waals surface area contributed by atoms with Gasteiger partial charge in [-0.25, -0.2) is 13.1 Å². The first-order valence-electron chi connectivity index (χ1n) is 7.41. The fourth-order valence-electron chi connectivity index (χ4n) is 2.33. The van der Waals surface area contributed by atoms with Gasteiger partial charge in [0.1, 0.15) is 0 Å². The number of piperidine rings is 1. The lowest BCUT2D eigenvalue weighted by molar-refractivity contribution is 0.266. The summed E-state index contributed by atoms with van der Waals surface area (Å²) in [5.41, 5.74) is 0. The van der Waals surface area contributed by atoms with Crippen molar-refractivity contribution in [1.29, 1.82) is 0 Å². The zero-order valence-corrected chi connectivity index (χ0v) is 13.7. The molecule has 0 aliphatic carbocycles. The van der Waals surface area contributed by atoms with Crippen LogP contribution in [0.1, 0.15) is 33.1 Å². The topological polar surface area (TPSA) is 73.8 Å². The Balaban J connectivity index is 2.25. The molecule has 1 aliphatic heterocycles. The maximum Gasteiger partial charge on any atom is 0.211 e. The molecule has 0 spiro atoms. The highest BCUT2D eigenvalue weighted by molar-refractivity contribution is 7.89. The molecule has 1 heterocycles. The van der Waals surface area contributed by atoms with Crippen LogP contribution in [0.3, 0.4) is 0 Å². The fourth-order valence-corrected chi connectivity index (χ4v) is 2.99. The van der Waals surface area contributed by atoms with Gasteiger partial charge in [-0.3, -0.25) is 4.99 Å². The summed E-state index contributed by atoms with van der Waals surface area (Å²) < 4.78 is 25.1. The molecular weight excluding hydrogens is 276 g/mol. The molecule has 0 bridgehead atoms. The summed E-state index contributed by atoms with van der Waals surface area (Å²) in [4.78, 5) is 6.58. The van der Waals surface area contributed by atoms with Crippen molar-refractivity contribution >= 4 is 16.0 Å². The predicted octanol–water partition coefficient (Wildman–Crippen LogP) is 0.623. The molecule has 1 saturated heterocycles. The lowest BCUT2D eigenvalue weighted by atomic mass is 10.0. The molecule has 1 atom stereocenters. The molecular formula is C13H28N4O2S. The summed E-state index contributed by atoms with van der Waals surface area (Å²) in [6.45, 7) is 7.19. The lowest BCUT2D eigenvalue weighted by Gasteiger charge is -2.33. The van der Waals surface area contributed by atoms with Crippen LogP contribution >= 0.6 is 0 Å². The van der Waals surface area contributed by atoms with Crippen molar-refractivity contribution in [3.63, 3.8) is 0 Å². The molecule has 0 radical (unpaired) electrons. The molecule has 7 heteroatoms. The van der Waals surface area contributed by atoms with E-state index in [4.69, 9.17) is 0 Å². The van der Waals surface area contributed by atoms with E-state index in [1.165, 1.54) is 12.8 Å². The highest BCUT2D eigenvalue weighted by Crippen LogP contribution is 2.15. The summed E-state index contributed by atoms with van der Waals surface area (Å²) in [7, 11) is -1.28. The molecule has 118 valence electrons. The van der Waals surface area contributed by atoms with Crippen LogP contribution in [0.25, 0.3) is 0 Å². The number of likely N-dealkylation sites (tertiary alicyclic amines) is 1. The molecule has 6 nitrogen and oxygen atoms in total. The first kappa shape index (κ1) is 17.2. The van der Waals surface area contributed by atoms with Gasteiger partial charge in [0.05, 0.1) is 5.75 Å². The Morgan fingerprint density at radius 2 is 2.15 bits per heavy atom. The number of sulfonamides is 1. The Kier molecular flexibility index (Phi) is 7.29. The molecule has 1 aliphatic rings. The zero-order chi connectivity index (χ0) is 15.0. The van der Waals surface area contributed by atoms with Crippen LogP contribution in [0.5, 0.6) is 0 Å². The molecule has 0 saturated carbocycles. The Bertz CT molecular complexity index is 409. The van der Waals surface area contributed by atoms with E-state index in [0.29, 0.717) is 12.5 Å². The quantitative estimate of drug-likeness (QED) is 0.429. The van der Waals surface area contributed by atoms with Crippen LogP contribution in [0.2, 0.25) is 0 Å². The average Bonchev–Trinajstić information content (AvgIpc) is 2.43. The summed E-state index contributed by atoms with van der Waals surface area (Å²) in [5.74, 6) is 1.77. The van der Waals surface area contributed by atoms with Crippen molar-refractivity contribution < 1.29 is 8.42 Å². The molecule has 0 aromatic rings. The SMILES string of the molecule is CCS(=O)(=O)NCCCNC(=NC)N1CCCC(C)C1. The second-order valence-corrected chi connectivity index (χ2v) is 7.41. The molecule has 0 aromatic heterocycles. The molecule has 0 aromatic carbocycles. The number of hydrogen-bond donors (Lipinski definition) is 2. The van der Waals surface area contributed by atoms with E-state index in [1.54, 1.807) is 14.0 Å². The Labute approximate surface area is 123 Å². The van der Waals surface area contributed by atoms with E-state index in [2.05, 4.69) is 26.9 Å². The molecule has 1 fully saturated rings. The minimum atomic E-state index is -3.07. The van der Waals surface area contributed by atoms with E-state index >= 15 is 0 Å². The summed E-state index contributed by atoms with van der Waals surface area (Å²) in [6.07, 6.45) is 3.24. The van der Waals surface area contributed by atoms with Crippen LogP contribution < -0.4 is 10.0 Å². The van der Waals surface area contributed by atoms with Gasteiger partial charge in [0.25, 0.3) is 0 Å². The third-order valence-corrected chi connectivity index (χ3v) is 4.91. The van der Waals surface area contributed by atoms with Gasteiger partial charge in [0.15, 0.2) is 5.96 Å². The summed E-state index contributed by atoms with van der Waals surface area (Å²) >= 11 is 0. The second-order valence-electron chi connectivity index (χ2n) is 5.32. The van der Waals surface area contributed by atoms with Crippen molar-refractivity contribution in [1.82, 2.24) is 14.9 Å². The number of guanidine groups is 1. The third-order valence-electron chi connectivity index (χ3n) is 3.51. The van der Waals surface area contributed by atoms with Crippen molar-refractivity contribution in [2.45, 2.75) is 33.1 Å². The van der Waals surface area contributed by atoms with E-state index in [9.17, 15) is 8.42 Å². The van der Waals surface area contributed by atoms with Gasteiger partial charge in [-0.05, 0) is 32.1 Å². The van der Waals surface area contributed by atoms with Crippen molar-refractivity contribution in [3.8, 4) is 0 Å². The van der Waals surface area contributed by atoms with E-state index < -0.39 is 10.0 Å². The standard InChI is InChI=1S/C13H28N4O2S/c1-4-20(18,19)16-9-6-8-15-13(14-3)17-10-5-7-12(2)11-17/h12,16H,4-11H2,1-3H3,(H,14,15). The third kappa shape index (κ3) is 6.09. The lowest BCUT2D eigenvalue weighted by Crippen LogP contribution is -2.46. The normalized spacial score (nSPS) is 21.1. The number of nitrogens with one attached hydrogen (secondary N) is 2. The smallest absolute Gasteiger partial charge is 0.211 e. The highest BCUT2D eigenvalue weighted by Gasteiger charge is 2.18. The van der Waals surface area contributed by atoms with Crippen molar-refractivity contribution in [3.05, 3.63) is 0 Å². The Morgan fingerprint density at radius 1 is 1.40 bits per heavy atom. The van der Waals surface area contributed by atoms with Gasteiger partial charge in [0, 0.05) is 33.2 Å². The highest BCUT2D eigenvalue weighted by atomic mass is 32.2. The zero-order valence-electron chi connectivity index (χ0n) is 12.9. The van der Waals surface area contributed by atoms with Crippen LogP contribution in [0, 0.1) is 5.92 Å². The molecule has 1 rings (SSSR count). The van der Waals surface area contributed by atoms with E-state index in [-0.39, 0.29) is 5.75 Å². The maximum absolute atomic E-state index is 11.3. The van der Waals surface area contributed by atoms with Crippen molar-refractivity contribution in [2.24, 2.45) is 10.9 Å². The molecule has 0 amide bonds. The second kappa shape index (κ2) is 8.46. The summed E-state index contributed by atoms with van der Waals surface area (Å²) in [5, 5.41) is 3.31. The Hall–Kier alpha value is -0.820. The van der Waals surface area contributed by atoms with Gasteiger partial charge in [-0.2, -0.15) is 0 Å². The van der Waals surface area contributed by atoms with Crippen LogP contribution in [-0.2, 0) is 10.0 Å². The first-order chi connectivity index (χ1) is 9.48. The molecule has 2 N–H and O–H groups in total. The average molecular weight is 304 g/mol. The minimum Gasteiger partial charge on any atom is -0.356 e. The first-order valence-corrected chi connectivity index (χ1v) is 9.06. The van der Waals surface area contributed by atoms with Gasteiger partial charge in [-0.1, -0.05) is 6.92 Å². The minimum absolute atomic E-state index is 0.133. The number of aliphatic imine (C=N–C) groups is 1.